The zero-order chi connectivity index (χ0) is 17.7. The SMILES string of the molecule is COc1cc([C@@H](CCC(F)(F)F)N2CCNCC2)c(OC)cc1Br. The molecule has 0 saturated carbocycles. The lowest BCUT2D eigenvalue weighted by atomic mass is 9.98. The van der Waals surface area contributed by atoms with Crippen molar-refractivity contribution in [1.82, 2.24) is 10.2 Å². The molecule has 136 valence electrons. The lowest BCUT2D eigenvalue weighted by Crippen LogP contribution is -2.45. The molecule has 0 amide bonds. The van der Waals surface area contributed by atoms with Gasteiger partial charge in [0, 0.05) is 44.2 Å². The Balaban J connectivity index is 2.37. The second-order valence-electron chi connectivity index (χ2n) is 5.68. The van der Waals surface area contributed by atoms with Gasteiger partial charge in [-0.15, -0.1) is 0 Å². The highest BCUT2D eigenvalue weighted by Crippen LogP contribution is 2.40. The molecule has 24 heavy (non-hydrogen) atoms. The van der Waals surface area contributed by atoms with Crippen LogP contribution in [0.5, 0.6) is 11.5 Å². The van der Waals surface area contributed by atoms with Gasteiger partial charge in [-0.3, -0.25) is 4.90 Å². The molecule has 1 N–H and O–H groups in total. The first-order valence-corrected chi connectivity index (χ1v) is 8.58. The van der Waals surface area contributed by atoms with Gasteiger partial charge in [0.05, 0.1) is 18.7 Å². The molecule has 0 bridgehead atoms. The minimum Gasteiger partial charge on any atom is -0.496 e. The molecule has 2 rings (SSSR count). The standard InChI is InChI=1S/C16H22BrF3N2O2/c1-23-14-10-12(17)15(24-2)9-11(14)13(3-4-16(18,19)20)22-7-5-21-6-8-22/h9-10,13,21H,3-8H2,1-2H3/t13-/m1/s1. The second kappa shape index (κ2) is 8.40. The Kier molecular flexibility index (Phi) is 6.77. The number of nitrogens with one attached hydrogen (secondary N) is 1. The Morgan fingerprint density at radius 3 is 2.33 bits per heavy atom. The maximum Gasteiger partial charge on any atom is 0.389 e. The van der Waals surface area contributed by atoms with Gasteiger partial charge in [-0.1, -0.05) is 0 Å². The van der Waals surface area contributed by atoms with Gasteiger partial charge < -0.3 is 14.8 Å². The van der Waals surface area contributed by atoms with Crippen LogP contribution in [-0.4, -0.2) is 51.5 Å². The van der Waals surface area contributed by atoms with E-state index in [1.807, 2.05) is 0 Å². The zero-order valence-corrected chi connectivity index (χ0v) is 15.3. The van der Waals surface area contributed by atoms with Crippen molar-refractivity contribution in [2.75, 3.05) is 40.4 Å². The number of ether oxygens (including phenoxy) is 2. The third kappa shape index (κ3) is 5.00. The van der Waals surface area contributed by atoms with Gasteiger partial charge in [-0.2, -0.15) is 13.2 Å². The van der Waals surface area contributed by atoms with Crippen LogP contribution in [0.2, 0.25) is 0 Å². The van der Waals surface area contributed by atoms with E-state index in [1.54, 1.807) is 12.1 Å². The zero-order valence-electron chi connectivity index (χ0n) is 13.8. The highest BCUT2D eigenvalue weighted by atomic mass is 79.9. The summed E-state index contributed by atoms with van der Waals surface area (Å²) in [6.07, 6.45) is -5.02. The lowest BCUT2D eigenvalue weighted by molar-refractivity contribution is -0.138. The van der Waals surface area contributed by atoms with E-state index < -0.39 is 12.6 Å². The molecule has 0 aromatic heterocycles. The van der Waals surface area contributed by atoms with Crippen molar-refractivity contribution in [3.8, 4) is 11.5 Å². The Morgan fingerprint density at radius 1 is 1.17 bits per heavy atom. The fraction of sp³-hybridized carbons (Fsp3) is 0.625. The molecule has 1 aromatic carbocycles. The van der Waals surface area contributed by atoms with Gasteiger partial charge in [0.1, 0.15) is 11.5 Å². The van der Waals surface area contributed by atoms with E-state index in [2.05, 4.69) is 26.1 Å². The van der Waals surface area contributed by atoms with Crippen LogP contribution in [0, 0.1) is 0 Å². The molecule has 1 aliphatic rings. The van der Waals surface area contributed by atoms with Gasteiger partial charge in [0.2, 0.25) is 0 Å². The van der Waals surface area contributed by atoms with Crippen LogP contribution in [0.25, 0.3) is 0 Å². The minimum atomic E-state index is -4.18. The minimum absolute atomic E-state index is 0.00928. The summed E-state index contributed by atoms with van der Waals surface area (Å²) >= 11 is 3.39. The molecule has 1 saturated heterocycles. The molecule has 4 nitrogen and oxygen atoms in total. The Morgan fingerprint density at radius 2 is 1.79 bits per heavy atom. The molecule has 1 aromatic rings. The molecule has 8 heteroatoms. The fourth-order valence-corrected chi connectivity index (χ4v) is 3.46. The van der Waals surface area contributed by atoms with Crippen molar-refractivity contribution in [2.45, 2.75) is 25.1 Å². The number of methoxy groups -OCH3 is 2. The van der Waals surface area contributed by atoms with E-state index in [9.17, 15) is 13.2 Å². The van der Waals surface area contributed by atoms with E-state index in [0.29, 0.717) is 29.1 Å². The van der Waals surface area contributed by atoms with Crippen LogP contribution in [0.1, 0.15) is 24.4 Å². The van der Waals surface area contributed by atoms with Crippen LogP contribution in [0.3, 0.4) is 0 Å². The number of nitrogens with zero attached hydrogens (tertiary/aromatic N) is 1. The van der Waals surface area contributed by atoms with E-state index in [-0.39, 0.29) is 12.5 Å². The maximum absolute atomic E-state index is 12.8. The average molecular weight is 411 g/mol. The van der Waals surface area contributed by atoms with Gasteiger partial charge in [0.15, 0.2) is 0 Å². The predicted octanol–water partition coefficient (Wildman–Crippen LogP) is 3.76. The Labute approximate surface area is 148 Å². The highest BCUT2D eigenvalue weighted by Gasteiger charge is 2.32. The van der Waals surface area contributed by atoms with Crippen molar-refractivity contribution in [2.24, 2.45) is 0 Å². The fourth-order valence-electron chi connectivity index (χ4n) is 2.97. The number of hydrogen-bond donors (Lipinski definition) is 1. The molecule has 0 aliphatic carbocycles. The first kappa shape index (κ1) is 19.3. The summed E-state index contributed by atoms with van der Waals surface area (Å²) in [5.41, 5.74) is 0.726. The Hall–Kier alpha value is -0.990. The van der Waals surface area contributed by atoms with E-state index in [0.717, 1.165) is 18.7 Å². The summed E-state index contributed by atoms with van der Waals surface area (Å²) in [6, 6.07) is 3.15. The van der Waals surface area contributed by atoms with Crippen LogP contribution in [-0.2, 0) is 0 Å². The van der Waals surface area contributed by atoms with Crippen molar-refractivity contribution in [1.29, 1.82) is 0 Å². The number of benzene rings is 1. The van der Waals surface area contributed by atoms with Crippen molar-refractivity contribution >= 4 is 15.9 Å². The van der Waals surface area contributed by atoms with Crippen molar-refractivity contribution in [3.05, 3.63) is 22.2 Å². The summed E-state index contributed by atoms with van der Waals surface area (Å²) in [5.74, 6) is 1.14. The molecular weight excluding hydrogens is 389 g/mol. The van der Waals surface area contributed by atoms with E-state index in [1.165, 1.54) is 14.2 Å². The highest BCUT2D eigenvalue weighted by molar-refractivity contribution is 9.10. The summed E-state index contributed by atoms with van der Waals surface area (Å²) in [6.45, 7) is 2.92. The van der Waals surface area contributed by atoms with Crippen LogP contribution in [0.4, 0.5) is 13.2 Å². The summed E-state index contributed by atoms with van der Waals surface area (Å²) in [4.78, 5) is 2.08. The van der Waals surface area contributed by atoms with E-state index in [4.69, 9.17) is 9.47 Å². The number of alkyl halides is 3. The molecule has 0 radical (unpaired) electrons. The number of halogens is 4. The quantitative estimate of drug-likeness (QED) is 0.773. The molecule has 1 heterocycles. The van der Waals surface area contributed by atoms with Crippen molar-refractivity contribution in [3.63, 3.8) is 0 Å². The second-order valence-corrected chi connectivity index (χ2v) is 6.54. The average Bonchev–Trinajstić information content (AvgIpc) is 2.55. The summed E-state index contributed by atoms with van der Waals surface area (Å²) in [7, 11) is 3.06. The summed E-state index contributed by atoms with van der Waals surface area (Å²) < 4.78 is 49.8. The van der Waals surface area contributed by atoms with Crippen LogP contribution in [0.15, 0.2) is 16.6 Å². The van der Waals surface area contributed by atoms with Gasteiger partial charge in [0.25, 0.3) is 0 Å². The molecule has 1 fully saturated rings. The third-order valence-electron chi connectivity index (χ3n) is 4.16. The van der Waals surface area contributed by atoms with Gasteiger partial charge in [-0.05, 0) is 34.5 Å². The topological polar surface area (TPSA) is 33.7 Å². The largest absolute Gasteiger partial charge is 0.496 e. The van der Waals surface area contributed by atoms with Gasteiger partial charge in [-0.25, -0.2) is 0 Å². The first-order valence-electron chi connectivity index (χ1n) is 7.78. The van der Waals surface area contributed by atoms with E-state index >= 15 is 0 Å². The normalized spacial score (nSPS) is 17.6. The van der Waals surface area contributed by atoms with Gasteiger partial charge >= 0.3 is 6.18 Å². The molecule has 1 atom stereocenters. The molecule has 0 spiro atoms. The maximum atomic E-state index is 12.8. The lowest BCUT2D eigenvalue weighted by Gasteiger charge is -2.36. The molecular formula is C16H22BrF3N2O2. The predicted molar refractivity (Wildman–Crippen MR) is 89.7 cm³/mol. The monoisotopic (exact) mass is 410 g/mol. The smallest absolute Gasteiger partial charge is 0.389 e. The number of piperazine rings is 1. The first-order chi connectivity index (χ1) is 11.4. The summed E-state index contributed by atoms with van der Waals surface area (Å²) in [5, 5.41) is 3.23. The van der Waals surface area contributed by atoms with Crippen LogP contribution >= 0.6 is 15.9 Å². The van der Waals surface area contributed by atoms with Crippen LogP contribution < -0.4 is 14.8 Å². The number of hydrogen-bond acceptors (Lipinski definition) is 4. The number of rotatable bonds is 6. The molecule has 1 aliphatic heterocycles. The third-order valence-corrected chi connectivity index (χ3v) is 4.78. The molecule has 0 unspecified atom stereocenters. The van der Waals surface area contributed by atoms with Crippen molar-refractivity contribution < 1.29 is 22.6 Å². The Bertz CT molecular complexity index is 549.